The third-order valence-electron chi connectivity index (χ3n) is 2.39. The minimum absolute atomic E-state index is 0.0169. The molecule has 1 N–H and O–H groups in total. The first-order valence-corrected chi connectivity index (χ1v) is 4.84. The van der Waals surface area contributed by atoms with E-state index >= 15 is 0 Å². The van der Waals surface area contributed by atoms with Gasteiger partial charge in [0.1, 0.15) is 0 Å². The van der Waals surface area contributed by atoms with Crippen molar-refractivity contribution in [3.05, 3.63) is 17.4 Å². The first-order valence-electron chi connectivity index (χ1n) is 4.84. The maximum Gasteiger partial charge on any atom is 0.231 e. The van der Waals surface area contributed by atoms with Crippen molar-refractivity contribution in [3.63, 3.8) is 0 Å². The monoisotopic (exact) mass is 228 g/mol. The summed E-state index contributed by atoms with van der Waals surface area (Å²) in [5, 5.41) is 10.0. The molecule has 0 aliphatic carbocycles. The molecule has 0 amide bonds. The predicted molar refractivity (Wildman–Crippen MR) is 54.3 cm³/mol. The van der Waals surface area contributed by atoms with Gasteiger partial charge in [-0.2, -0.15) is 0 Å². The van der Waals surface area contributed by atoms with Gasteiger partial charge in [0, 0.05) is 6.07 Å². The molecule has 1 aliphatic heterocycles. The summed E-state index contributed by atoms with van der Waals surface area (Å²) in [6.45, 7) is 3.09. The van der Waals surface area contributed by atoms with Crippen LogP contribution in [-0.4, -0.2) is 19.0 Å². The van der Waals surface area contributed by atoms with Crippen molar-refractivity contribution < 1.29 is 23.7 Å². The zero-order chi connectivity index (χ0) is 11.9. The third-order valence-corrected chi connectivity index (χ3v) is 2.39. The fraction of sp³-hybridized carbons (Fsp3) is 0.455. The van der Waals surface area contributed by atoms with Gasteiger partial charge in [-0.15, -0.1) is 0 Å². The predicted octanol–water partition coefficient (Wildman–Crippen LogP) is 1.79. The van der Waals surface area contributed by atoms with Gasteiger partial charge in [-0.25, -0.2) is 4.39 Å². The van der Waals surface area contributed by atoms with Crippen molar-refractivity contribution in [2.24, 2.45) is 0 Å². The summed E-state index contributed by atoms with van der Waals surface area (Å²) in [6.07, 6.45) is 0. The van der Waals surface area contributed by atoms with Crippen LogP contribution in [0, 0.1) is 5.82 Å². The van der Waals surface area contributed by atoms with Crippen molar-refractivity contribution in [3.8, 4) is 17.2 Å². The average molecular weight is 228 g/mol. The fourth-order valence-corrected chi connectivity index (χ4v) is 1.75. The highest BCUT2D eigenvalue weighted by molar-refractivity contribution is 5.58. The summed E-state index contributed by atoms with van der Waals surface area (Å²) >= 11 is 0. The van der Waals surface area contributed by atoms with E-state index in [0.717, 1.165) is 0 Å². The second-order valence-electron chi connectivity index (χ2n) is 4.06. The van der Waals surface area contributed by atoms with Gasteiger partial charge in [-0.05, 0) is 13.8 Å². The van der Waals surface area contributed by atoms with Crippen LogP contribution in [0.25, 0.3) is 0 Å². The Bertz CT molecular complexity index is 419. The molecule has 88 valence electrons. The Morgan fingerprint density at radius 3 is 2.69 bits per heavy atom. The van der Waals surface area contributed by atoms with E-state index in [1.54, 1.807) is 0 Å². The Balaban J connectivity index is 2.72. The molecule has 0 spiro atoms. The number of hydrogen-bond acceptors (Lipinski definition) is 4. The molecule has 0 fully saturated rings. The van der Waals surface area contributed by atoms with Crippen molar-refractivity contribution in [1.29, 1.82) is 0 Å². The molecule has 4 nitrogen and oxygen atoms in total. The van der Waals surface area contributed by atoms with Crippen LogP contribution in [0.4, 0.5) is 4.39 Å². The molecule has 0 atom stereocenters. The lowest BCUT2D eigenvalue weighted by atomic mass is 9.95. The van der Waals surface area contributed by atoms with E-state index in [0.29, 0.717) is 5.75 Å². The SMILES string of the molecule is COc1c(F)cc2c(c1C(C)(C)O)OCO2. The summed E-state index contributed by atoms with van der Waals surface area (Å²) in [5.74, 6) is 0.0294. The second-order valence-corrected chi connectivity index (χ2v) is 4.06. The Morgan fingerprint density at radius 2 is 2.12 bits per heavy atom. The van der Waals surface area contributed by atoms with E-state index in [1.807, 2.05) is 0 Å². The molecule has 16 heavy (non-hydrogen) atoms. The van der Waals surface area contributed by atoms with Crippen LogP contribution in [0.1, 0.15) is 19.4 Å². The number of hydrogen-bond donors (Lipinski definition) is 1. The molecule has 0 unspecified atom stereocenters. The van der Waals surface area contributed by atoms with Gasteiger partial charge in [0.25, 0.3) is 0 Å². The maximum absolute atomic E-state index is 13.7. The molecule has 0 bridgehead atoms. The van der Waals surface area contributed by atoms with Gasteiger partial charge in [0.2, 0.25) is 6.79 Å². The van der Waals surface area contributed by atoms with Crippen molar-refractivity contribution in [2.45, 2.75) is 19.4 Å². The highest BCUT2D eigenvalue weighted by atomic mass is 19.1. The quantitative estimate of drug-likeness (QED) is 0.838. The Hall–Kier alpha value is -1.49. The highest BCUT2D eigenvalue weighted by Gasteiger charge is 2.33. The van der Waals surface area contributed by atoms with Gasteiger partial charge >= 0.3 is 0 Å². The molecule has 5 heteroatoms. The molecule has 2 rings (SSSR count). The number of benzene rings is 1. The largest absolute Gasteiger partial charge is 0.493 e. The van der Waals surface area contributed by atoms with Crippen LogP contribution in [0.3, 0.4) is 0 Å². The summed E-state index contributed by atoms with van der Waals surface area (Å²) in [5.41, 5.74) is -1.01. The molecule has 1 aromatic rings. The summed E-state index contributed by atoms with van der Waals surface area (Å²) < 4.78 is 28.9. The van der Waals surface area contributed by atoms with Crippen molar-refractivity contribution in [1.82, 2.24) is 0 Å². The number of ether oxygens (including phenoxy) is 3. The lowest BCUT2D eigenvalue weighted by molar-refractivity contribution is 0.0708. The summed E-state index contributed by atoms with van der Waals surface area (Å²) in [4.78, 5) is 0. The fourth-order valence-electron chi connectivity index (χ4n) is 1.75. The Labute approximate surface area is 92.6 Å². The topological polar surface area (TPSA) is 47.9 Å². The number of rotatable bonds is 2. The van der Waals surface area contributed by atoms with Crippen LogP contribution >= 0.6 is 0 Å². The number of methoxy groups -OCH3 is 1. The van der Waals surface area contributed by atoms with Crippen LogP contribution in [0.15, 0.2) is 6.07 Å². The summed E-state index contributed by atoms with van der Waals surface area (Å²) in [6, 6.07) is 1.19. The lowest BCUT2D eigenvalue weighted by Gasteiger charge is -2.22. The second kappa shape index (κ2) is 3.52. The molecular formula is C11H13FO4. The van der Waals surface area contributed by atoms with E-state index in [9.17, 15) is 9.50 Å². The smallest absolute Gasteiger partial charge is 0.231 e. The Morgan fingerprint density at radius 1 is 1.44 bits per heavy atom. The van der Waals surface area contributed by atoms with Gasteiger partial charge in [0.15, 0.2) is 23.1 Å². The molecule has 0 radical (unpaired) electrons. The van der Waals surface area contributed by atoms with E-state index in [-0.39, 0.29) is 23.9 Å². The zero-order valence-electron chi connectivity index (χ0n) is 9.33. The molecule has 0 aromatic heterocycles. The molecule has 1 aromatic carbocycles. The number of fused-ring (bicyclic) bond motifs is 1. The molecule has 0 saturated heterocycles. The molecule has 1 aliphatic rings. The van der Waals surface area contributed by atoms with Gasteiger partial charge in [-0.3, -0.25) is 0 Å². The van der Waals surface area contributed by atoms with Crippen molar-refractivity contribution >= 4 is 0 Å². The van der Waals surface area contributed by atoms with Crippen LogP contribution in [0.5, 0.6) is 17.2 Å². The molecular weight excluding hydrogens is 215 g/mol. The van der Waals surface area contributed by atoms with Crippen LogP contribution < -0.4 is 14.2 Å². The minimum atomic E-state index is -1.27. The summed E-state index contributed by atoms with van der Waals surface area (Å²) in [7, 11) is 1.34. The number of aliphatic hydroxyl groups is 1. The average Bonchev–Trinajstić information content (AvgIpc) is 2.60. The van der Waals surface area contributed by atoms with E-state index < -0.39 is 11.4 Å². The van der Waals surface area contributed by atoms with Crippen molar-refractivity contribution in [2.75, 3.05) is 13.9 Å². The zero-order valence-corrected chi connectivity index (χ0v) is 9.33. The Kier molecular flexibility index (Phi) is 2.42. The number of halogens is 1. The molecule has 0 saturated carbocycles. The van der Waals surface area contributed by atoms with Crippen LogP contribution in [-0.2, 0) is 5.60 Å². The maximum atomic E-state index is 13.7. The molecule has 1 heterocycles. The lowest BCUT2D eigenvalue weighted by Crippen LogP contribution is -2.18. The van der Waals surface area contributed by atoms with E-state index in [4.69, 9.17) is 14.2 Å². The first-order chi connectivity index (χ1) is 7.45. The normalized spacial score (nSPS) is 14.1. The first kappa shape index (κ1) is 11.0. The minimum Gasteiger partial charge on any atom is -0.493 e. The third kappa shape index (κ3) is 1.57. The van der Waals surface area contributed by atoms with Gasteiger partial charge < -0.3 is 19.3 Å². The van der Waals surface area contributed by atoms with Crippen LogP contribution in [0.2, 0.25) is 0 Å². The van der Waals surface area contributed by atoms with E-state index in [2.05, 4.69) is 0 Å². The standard InChI is InChI=1S/C11H13FO4/c1-11(2,13)8-9(14-3)6(12)4-7-10(8)16-5-15-7/h4,13H,5H2,1-3H3. The van der Waals surface area contributed by atoms with E-state index in [1.165, 1.54) is 27.0 Å². The van der Waals surface area contributed by atoms with Gasteiger partial charge in [0.05, 0.1) is 18.3 Å². The highest BCUT2D eigenvalue weighted by Crippen LogP contribution is 2.47. The van der Waals surface area contributed by atoms with Gasteiger partial charge in [-0.1, -0.05) is 0 Å².